The van der Waals surface area contributed by atoms with Crippen LogP contribution in [0.5, 0.6) is 0 Å². The standard InChI is InChI=1S/C28H31NO3/c1-18-10-12-21(13-11-18)25-24(27(31)32-15-14-20-8-6-5-7-9-20)19(2)29-22-16-28(3,4)17-23(30)26(22)25/h5-13,25,29H,14-17H2,1-4H3. The van der Waals surface area contributed by atoms with Crippen molar-refractivity contribution in [3.63, 3.8) is 0 Å². The summed E-state index contributed by atoms with van der Waals surface area (Å²) < 4.78 is 5.72. The summed E-state index contributed by atoms with van der Waals surface area (Å²) in [6.07, 6.45) is 1.91. The zero-order valence-corrected chi connectivity index (χ0v) is 19.3. The van der Waals surface area contributed by atoms with Crippen LogP contribution < -0.4 is 5.32 Å². The molecule has 2 aromatic rings. The maximum absolute atomic E-state index is 13.3. The van der Waals surface area contributed by atoms with Crippen LogP contribution in [-0.4, -0.2) is 18.4 Å². The Hall–Kier alpha value is -3.14. The summed E-state index contributed by atoms with van der Waals surface area (Å²) in [5.74, 6) is -0.656. The molecule has 166 valence electrons. The topological polar surface area (TPSA) is 55.4 Å². The van der Waals surface area contributed by atoms with Gasteiger partial charge >= 0.3 is 5.97 Å². The molecule has 2 aromatic carbocycles. The van der Waals surface area contributed by atoms with Crippen molar-refractivity contribution in [2.45, 2.75) is 52.9 Å². The average Bonchev–Trinajstić information content (AvgIpc) is 2.73. The van der Waals surface area contributed by atoms with Gasteiger partial charge in [-0.25, -0.2) is 4.79 Å². The molecule has 0 fully saturated rings. The van der Waals surface area contributed by atoms with Gasteiger partial charge in [0.25, 0.3) is 0 Å². The van der Waals surface area contributed by atoms with Gasteiger partial charge in [-0.05, 0) is 36.8 Å². The van der Waals surface area contributed by atoms with E-state index >= 15 is 0 Å². The van der Waals surface area contributed by atoms with E-state index < -0.39 is 5.92 Å². The number of rotatable bonds is 5. The number of hydrogen-bond donors (Lipinski definition) is 1. The molecule has 0 radical (unpaired) electrons. The second-order valence-electron chi connectivity index (χ2n) is 9.71. The number of carbonyl (C=O) groups is 2. The first-order chi connectivity index (χ1) is 15.2. The molecule has 1 N–H and O–H groups in total. The van der Waals surface area contributed by atoms with Crippen LogP contribution in [-0.2, 0) is 20.7 Å². The minimum atomic E-state index is -0.403. The number of ketones is 1. The highest BCUT2D eigenvalue weighted by molar-refractivity contribution is 6.04. The van der Waals surface area contributed by atoms with Crippen molar-refractivity contribution in [1.82, 2.24) is 5.32 Å². The summed E-state index contributed by atoms with van der Waals surface area (Å²) >= 11 is 0. The molecule has 1 unspecified atom stereocenters. The van der Waals surface area contributed by atoms with E-state index in [0.717, 1.165) is 34.5 Å². The third-order valence-corrected chi connectivity index (χ3v) is 6.34. The average molecular weight is 430 g/mol. The van der Waals surface area contributed by atoms with Gasteiger partial charge in [-0.15, -0.1) is 0 Å². The minimum Gasteiger partial charge on any atom is -0.462 e. The first-order valence-electron chi connectivity index (χ1n) is 11.3. The van der Waals surface area contributed by atoms with E-state index in [4.69, 9.17) is 4.74 Å². The van der Waals surface area contributed by atoms with Gasteiger partial charge in [-0.3, -0.25) is 4.79 Å². The molecular formula is C28H31NO3. The monoisotopic (exact) mass is 429 g/mol. The number of ether oxygens (including phenoxy) is 1. The second-order valence-corrected chi connectivity index (χ2v) is 9.71. The molecule has 1 heterocycles. The lowest BCUT2D eigenvalue weighted by Gasteiger charge is -2.39. The first-order valence-corrected chi connectivity index (χ1v) is 11.3. The smallest absolute Gasteiger partial charge is 0.336 e. The van der Waals surface area contributed by atoms with Gasteiger partial charge in [0.1, 0.15) is 0 Å². The summed E-state index contributed by atoms with van der Waals surface area (Å²) in [4.78, 5) is 26.6. The Morgan fingerprint density at radius 2 is 1.72 bits per heavy atom. The Balaban J connectivity index is 1.66. The maximum Gasteiger partial charge on any atom is 0.336 e. The number of hydrogen-bond acceptors (Lipinski definition) is 4. The van der Waals surface area contributed by atoms with Crippen molar-refractivity contribution in [2.24, 2.45) is 5.41 Å². The third-order valence-electron chi connectivity index (χ3n) is 6.34. The molecule has 0 bridgehead atoms. The quantitative estimate of drug-likeness (QED) is 0.648. The van der Waals surface area contributed by atoms with Gasteiger partial charge in [0.05, 0.1) is 12.2 Å². The molecule has 0 spiro atoms. The number of allylic oxidation sites excluding steroid dienone is 3. The molecule has 1 aliphatic heterocycles. The number of carbonyl (C=O) groups excluding carboxylic acids is 2. The maximum atomic E-state index is 13.3. The van der Waals surface area contributed by atoms with Crippen LogP contribution in [0, 0.1) is 12.3 Å². The summed E-state index contributed by atoms with van der Waals surface area (Å²) in [7, 11) is 0. The number of aryl methyl sites for hydroxylation is 1. The van der Waals surface area contributed by atoms with Crippen molar-refractivity contribution in [3.05, 3.63) is 93.8 Å². The molecule has 4 heteroatoms. The molecule has 1 atom stereocenters. The van der Waals surface area contributed by atoms with Crippen LogP contribution in [0.3, 0.4) is 0 Å². The van der Waals surface area contributed by atoms with Crippen LogP contribution >= 0.6 is 0 Å². The van der Waals surface area contributed by atoms with Crippen molar-refractivity contribution in [2.75, 3.05) is 6.61 Å². The Morgan fingerprint density at radius 1 is 1.03 bits per heavy atom. The predicted octanol–water partition coefficient (Wildman–Crippen LogP) is 5.38. The number of nitrogens with one attached hydrogen (secondary N) is 1. The fourth-order valence-corrected chi connectivity index (χ4v) is 4.78. The number of esters is 1. The second kappa shape index (κ2) is 8.78. The summed E-state index contributed by atoms with van der Waals surface area (Å²) in [6.45, 7) is 8.47. The molecule has 0 saturated heterocycles. The molecule has 2 aliphatic rings. The van der Waals surface area contributed by atoms with Crippen LogP contribution in [0.1, 0.15) is 56.2 Å². The Morgan fingerprint density at radius 3 is 2.41 bits per heavy atom. The number of benzene rings is 2. The highest BCUT2D eigenvalue weighted by atomic mass is 16.5. The highest BCUT2D eigenvalue weighted by Crippen LogP contribution is 2.46. The van der Waals surface area contributed by atoms with Gasteiger partial charge in [-0.2, -0.15) is 0 Å². The van der Waals surface area contributed by atoms with E-state index in [1.54, 1.807) is 0 Å². The van der Waals surface area contributed by atoms with Crippen LogP contribution in [0.15, 0.2) is 77.1 Å². The number of Topliss-reactive ketones (excluding diaryl/α,β-unsaturated/α-hetero) is 1. The molecule has 4 nitrogen and oxygen atoms in total. The van der Waals surface area contributed by atoms with E-state index in [2.05, 4.69) is 19.2 Å². The summed E-state index contributed by atoms with van der Waals surface area (Å²) in [5.41, 5.74) is 6.07. The predicted molar refractivity (Wildman–Crippen MR) is 126 cm³/mol. The minimum absolute atomic E-state index is 0.102. The Labute approximate surface area is 190 Å². The largest absolute Gasteiger partial charge is 0.462 e. The van der Waals surface area contributed by atoms with Gasteiger partial charge in [0.2, 0.25) is 0 Å². The summed E-state index contributed by atoms with van der Waals surface area (Å²) in [6, 6.07) is 18.1. The first kappa shape index (κ1) is 22.1. The molecule has 4 rings (SSSR count). The Bertz CT molecular complexity index is 1090. The number of dihydropyridines is 1. The molecule has 0 saturated carbocycles. The van der Waals surface area contributed by atoms with Crippen molar-refractivity contribution in [3.8, 4) is 0 Å². The SMILES string of the molecule is CC1=C(C(=O)OCCc2ccccc2)C(c2ccc(C)cc2)C2=C(CC(C)(C)CC2=O)N1. The highest BCUT2D eigenvalue weighted by Gasteiger charge is 2.43. The van der Waals surface area contributed by atoms with Crippen molar-refractivity contribution in [1.29, 1.82) is 0 Å². The van der Waals surface area contributed by atoms with E-state index in [9.17, 15) is 9.59 Å². The van der Waals surface area contributed by atoms with Crippen LogP contribution in [0.2, 0.25) is 0 Å². The lowest BCUT2D eigenvalue weighted by Crippen LogP contribution is -2.38. The molecular weight excluding hydrogens is 398 g/mol. The lowest BCUT2D eigenvalue weighted by atomic mass is 9.68. The van der Waals surface area contributed by atoms with Gasteiger partial charge in [0.15, 0.2) is 5.78 Å². The van der Waals surface area contributed by atoms with Crippen molar-refractivity contribution < 1.29 is 14.3 Å². The molecule has 0 aromatic heterocycles. The lowest BCUT2D eigenvalue weighted by molar-refractivity contribution is -0.139. The summed E-state index contributed by atoms with van der Waals surface area (Å²) in [5, 5.41) is 3.39. The van der Waals surface area contributed by atoms with E-state index in [1.165, 1.54) is 0 Å². The van der Waals surface area contributed by atoms with Crippen LogP contribution in [0.25, 0.3) is 0 Å². The van der Waals surface area contributed by atoms with Crippen molar-refractivity contribution >= 4 is 11.8 Å². The van der Waals surface area contributed by atoms with E-state index in [-0.39, 0.29) is 17.2 Å². The fraction of sp³-hybridized carbons (Fsp3) is 0.357. The van der Waals surface area contributed by atoms with Gasteiger partial charge in [-0.1, -0.05) is 74.0 Å². The van der Waals surface area contributed by atoms with Gasteiger partial charge < -0.3 is 10.1 Å². The normalized spacial score (nSPS) is 20.0. The van der Waals surface area contributed by atoms with Crippen LogP contribution in [0.4, 0.5) is 0 Å². The van der Waals surface area contributed by atoms with Gasteiger partial charge in [0, 0.05) is 35.7 Å². The third kappa shape index (κ3) is 4.55. The molecule has 0 amide bonds. The fourth-order valence-electron chi connectivity index (χ4n) is 4.78. The van der Waals surface area contributed by atoms with E-state index in [1.807, 2.05) is 68.4 Å². The molecule has 1 aliphatic carbocycles. The zero-order chi connectivity index (χ0) is 22.9. The zero-order valence-electron chi connectivity index (χ0n) is 19.3. The van der Waals surface area contributed by atoms with E-state index in [0.29, 0.717) is 30.6 Å². The Kier molecular flexibility index (Phi) is 6.05. The molecule has 32 heavy (non-hydrogen) atoms.